The molecular formula is C24H30N4O7. The summed E-state index contributed by atoms with van der Waals surface area (Å²) in [7, 11) is 3.32. The van der Waals surface area contributed by atoms with Crippen LogP contribution in [0.2, 0.25) is 0 Å². The van der Waals surface area contributed by atoms with E-state index in [0.717, 1.165) is 0 Å². The van der Waals surface area contributed by atoms with Gasteiger partial charge in [0.05, 0.1) is 30.7 Å². The first-order valence-corrected chi connectivity index (χ1v) is 11.6. The van der Waals surface area contributed by atoms with Crippen LogP contribution in [0.1, 0.15) is 45.9 Å². The fraction of sp³-hybridized carbons (Fsp3) is 0.500. The molecule has 1 fully saturated rings. The molecule has 3 atom stereocenters. The molecule has 1 aromatic heterocycles. The highest BCUT2D eigenvalue weighted by molar-refractivity contribution is 6.04. The SMILES string of the molecule is COCCNC(=O)C[C@H]1CC[C@H]2[C@@H](COc3ccc(NC(=O)c4cc(C)on4)cc3C(=O)N2C)O1. The van der Waals surface area contributed by atoms with E-state index in [1.54, 1.807) is 44.2 Å². The molecule has 2 aliphatic rings. The molecule has 11 nitrogen and oxygen atoms in total. The van der Waals surface area contributed by atoms with E-state index < -0.39 is 5.91 Å². The highest BCUT2D eigenvalue weighted by atomic mass is 16.5. The summed E-state index contributed by atoms with van der Waals surface area (Å²) >= 11 is 0. The first kappa shape index (κ1) is 24.7. The maximum absolute atomic E-state index is 13.3. The molecular weight excluding hydrogens is 456 g/mol. The third-order valence-electron chi connectivity index (χ3n) is 6.17. The number of carbonyl (C=O) groups is 3. The summed E-state index contributed by atoms with van der Waals surface area (Å²) in [6.07, 6.45) is 0.968. The molecule has 2 aromatic rings. The molecule has 3 heterocycles. The van der Waals surface area contributed by atoms with Crippen molar-refractivity contribution in [1.29, 1.82) is 0 Å². The smallest absolute Gasteiger partial charge is 0.277 e. The number of ether oxygens (including phenoxy) is 3. The first-order valence-electron chi connectivity index (χ1n) is 11.6. The van der Waals surface area contributed by atoms with Crippen LogP contribution in [-0.4, -0.2) is 79.9 Å². The van der Waals surface area contributed by atoms with Crippen LogP contribution in [0, 0.1) is 6.92 Å². The Balaban J connectivity index is 1.43. The van der Waals surface area contributed by atoms with Crippen molar-refractivity contribution in [3.63, 3.8) is 0 Å². The van der Waals surface area contributed by atoms with Gasteiger partial charge < -0.3 is 34.3 Å². The monoisotopic (exact) mass is 486 g/mol. The van der Waals surface area contributed by atoms with Crippen LogP contribution in [0.25, 0.3) is 0 Å². The molecule has 188 valence electrons. The number of rotatable bonds is 7. The Kier molecular flexibility index (Phi) is 7.67. The molecule has 4 rings (SSSR count). The van der Waals surface area contributed by atoms with Gasteiger partial charge in [0, 0.05) is 32.5 Å². The summed E-state index contributed by atoms with van der Waals surface area (Å²) in [5, 5.41) is 9.25. The van der Waals surface area contributed by atoms with Gasteiger partial charge in [0.1, 0.15) is 24.2 Å². The van der Waals surface area contributed by atoms with E-state index >= 15 is 0 Å². The van der Waals surface area contributed by atoms with Crippen LogP contribution in [0.15, 0.2) is 28.8 Å². The van der Waals surface area contributed by atoms with Crippen LogP contribution in [0.4, 0.5) is 5.69 Å². The Labute approximate surface area is 203 Å². The second-order valence-corrected chi connectivity index (χ2v) is 8.70. The number of hydrogen-bond donors (Lipinski definition) is 2. The number of nitrogens with one attached hydrogen (secondary N) is 2. The highest BCUT2D eigenvalue weighted by Crippen LogP contribution is 2.32. The molecule has 2 N–H and O–H groups in total. The Hall–Kier alpha value is -3.44. The molecule has 35 heavy (non-hydrogen) atoms. The minimum atomic E-state index is -0.438. The average Bonchev–Trinajstić information content (AvgIpc) is 3.28. The summed E-state index contributed by atoms with van der Waals surface area (Å²) in [6.45, 7) is 2.84. The first-order chi connectivity index (χ1) is 16.9. The zero-order valence-corrected chi connectivity index (χ0v) is 20.0. The third kappa shape index (κ3) is 5.80. The lowest BCUT2D eigenvalue weighted by Gasteiger charge is -2.42. The Morgan fingerprint density at radius 3 is 2.83 bits per heavy atom. The number of amides is 3. The fourth-order valence-corrected chi connectivity index (χ4v) is 4.35. The summed E-state index contributed by atoms with van der Waals surface area (Å²) in [5.74, 6) is 0.160. The van der Waals surface area contributed by atoms with Crippen molar-refractivity contribution < 1.29 is 33.1 Å². The molecule has 0 aliphatic carbocycles. The number of fused-ring (bicyclic) bond motifs is 2. The fourth-order valence-electron chi connectivity index (χ4n) is 4.35. The normalized spacial score (nSPS) is 21.7. The molecule has 0 unspecified atom stereocenters. The van der Waals surface area contributed by atoms with Gasteiger partial charge in [-0.1, -0.05) is 5.16 Å². The van der Waals surface area contributed by atoms with E-state index in [4.69, 9.17) is 18.7 Å². The Morgan fingerprint density at radius 2 is 2.09 bits per heavy atom. The number of methoxy groups -OCH3 is 1. The molecule has 0 spiro atoms. The number of likely N-dealkylation sites (N-methyl/N-ethyl adjacent to an activating group) is 1. The van der Waals surface area contributed by atoms with Crippen molar-refractivity contribution in [2.75, 3.05) is 39.2 Å². The van der Waals surface area contributed by atoms with Gasteiger partial charge in [0.2, 0.25) is 5.91 Å². The second kappa shape index (κ2) is 10.9. The highest BCUT2D eigenvalue weighted by Gasteiger charge is 2.39. The van der Waals surface area contributed by atoms with Crippen molar-refractivity contribution >= 4 is 23.4 Å². The van der Waals surface area contributed by atoms with E-state index in [9.17, 15) is 14.4 Å². The maximum atomic E-state index is 13.3. The molecule has 1 saturated heterocycles. The van der Waals surface area contributed by atoms with E-state index in [1.165, 1.54) is 6.07 Å². The molecule has 3 amide bonds. The van der Waals surface area contributed by atoms with Crippen LogP contribution in [0.3, 0.4) is 0 Å². The Morgan fingerprint density at radius 1 is 1.26 bits per heavy atom. The number of anilines is 1. The molecule has 0 bridgehead atoms. The number of hydrogen-bond acceptors (Lipinski definition) is 8. The van der Waals surface area contributed by atoms with Crippen LogP contribution < -0.4 is 15.4 Å². The zero-order valence-electron chi connectivity index (χ0n) is 20.0. The van der Waals surface area contributed by atoms with Gasteiger partial charge in [-0.05, 0) is 38.0 Å². The molecule has 1 aromatic carbocycles. The number of carbonyl (C=O) groups excluding carboxylic acids is 3. The quantitative estimate of drug-likeness (QED) is 0.566. The van der Waals surface area contributed by atoms with Crippen LogP contribution in [0.5, 0.6) is 5.75 Å². The molecule has 0 saturated carbocycles. The van der Waals surface area contributed by atoms with Gasteiger partial charge >= 0.3 is 0 Å². The van der Waals surface area contributed by atoms with Crippen molar-refractivity contribution in [3.05, 3.63) is 41.3 Å². The standard InChI is InChI=1S/C24H30N4O7/c1-14-10-18(27-35-14)23(30)26-15-4-7-20-17(11-15)24(31)28(2)19-6-5-16(34-21(19)13-33-20)12-22(29)25-8-9-32-3/h4,7,10-11,16,19,21H,5-6,8-9,12-13H2,1-3H3,(H,25,29)(H,26,30)/t16-,19+,21-/m1/s1. The lowest BCUT2D eigenvalue weighted by molar-refractivity contribution is -0.134. The van der Waals surface area contributed by atoms with Crippen molar-refractivity contribution in [2.45, 2.75) is 44.4 Å². The number of aryl methyl sites for hydroxylation is 1. The summed E-state index contributed by atoms with van der Waals surface area (Å²) in [4.78, 5) is 39.6. The van der Waals surface area contributed by atoms with Crippen LogP contribution in [-0.2, 0) is 14.3 Å². The molecule has 11 heteroatoms. The topological polar surface area (TPSA) is 132 Å². The van der Waals surface area contributed by atoms with Crippen molar-refractivity contribution in [3.8, 4) is 5.75 Å². The minimum absolute atomic E-state index is 0.0950. The van der Waals surface area contributed by atoms with Gasteiger partial charge in [0.25, 0.3) is 11.8 Å². The van der Waals surface area contributed by atoms with Gasteiger partial charge in [0.15, 0.2) is 5.69 Å². The molecule has 0 radical (unpaired) electrons. The maximum Gasteiger partial charge on any atom is 0.277 e. The predicted octanol–water partition coefficient (Wildman–Crippen LogP) is 1.77. The average molecular weight is 487 g/mol. The lowest BCUT2D eigenvalue weighted by Crippen LogP contribution is -2.54. The summed E-state index contributed by atoms with van der Waals surface area (Å²) in [6, 6.07) is 6.24. The van der Waals surface area contributed by atoms with Crippen molar-refractivity contribution in [1.82, 2.24) is 15.4 Å². The zero-order chi connectivity index (χ0) is 24.9. The van der Waals surface area contributed by atoms with E-state index in [0.29, 0.717) is 48.8 Å². The largest absolute Gasteiger partial charge is 0.490 e. The number of nitrogens with zero attached hydrogens (tertiary/aromatic N) is 2. The number of aromatic nitrogens is 1. The predicted molar refractivity (Wildman–Crippen MR) is 124 cm³/mol. The van der Waals surface area contributed by atoms with E-state index in [2.05, 4.69) is 15.8 Å². The van der Waals surface area contributed by atoms with Crippen LogP contribution >= 0.6 is 0 Å². The third-order valence-corrected chi connectivity index (χ3v) is 6.17. The lowest BCUT2D eigenvalue weighted by atomic mass is 9.94. The summed E-state index contributed by atoms with van der Waals surface area (Å²) < 4.78 is 22.0. The minimum Gasteiger partial charge on any atom is -0.490 e. The van der Waals surface area contributed by atoms with Gasteiger partial charge in [-0.15, -0.1) is 0 Å². The van der Waals surface area contributed by atoms with Gasteiger partial charge in [-0.3, -0.25) is 14.4 Å². The van der Waals surface area contributed by atoms with E-state index in [1.807, 2.05) is 0 Å². The summed E-state index contributed by atoms with van der Waals surface area (Å²) in [5.41, 5.74) is 0.939. The Bertz CT molecular complexity index is 1090. The second-order valence-electron chi connectivity index (χ2n) is 8.70. The van der Waals surface area contributed by atoms with Gasteiger partial charge in [-0.2, -0.15) is 0 Å². The van der Waals surface area contributed by atoms with Crippen molar-refractivity contribution in [2.24, 2.45) is 0 Å². The number of benzene rings is 1. The van der Waals surface area contributed by atoms with E-state index in [-0.39, 0.29) is 48.8 Å². The molecule has 2 aliphatic heterocycles. The van der Waals surface area contributed by atoms with Gasteiger partial charge in [-0.25, -0.2) is 0 Å².